The van der Waals surface area contributed by atoms with Gasteiger partial charge in [0.1, 0.15) is 12.6 Å². The van der Waals surface area contributed by atoms with Crippen LogP contribution in [0.4, 0.5) is 4.79 Å². The molecule has 1 amide bonds. The first-order chi connectivity index (χ1) is 11.6. The summed E-state index contributed by atoms with van der Waals surface area (Å²) in [6.07, 6.45) is -0.533. The molecule has 0 aromatic heterocycles. The third-order valence-corrected chi connectivity index (χ3v) is 3.96. The molecule has 0 saturated carbocycles. The Kier molecular flexibility index (Phi) is 4.77. The molecular weight excluding hydrogens is 308 g/mol. The zero-order valence-corrected chi connectivity index (χ0v) is 12.9. The van der Waals surface area contributed by atoms with Gasteiger partial charge in [0.05, 0.1) is 6.04 Å². The van der Waals surface area contributed by atoms with E-state index in [1.54, 1.807) is 12.1 Å². The maximum absolute atomic E-state index is 12.0. The van der Waals surface area contributed by atoms with Crippen molar-refractivity contribution in [1.82, 2.24) is 10.6 Å². The SMILES string of the molecule is O=C(N[C@H]1CN[C@H](C(=O)O)c2ccccc21)OCc1ccccc1. The minimum absolute atomic E-state index is 0.187. The summed E-state index contributed by atoms with van der Waals surface area (Å²) < 4.78 is 5.23. The lowest BCUT2D eigenvalue weighted by atomic mass is 9.91. The molecule has 124 valence electrons. The average Bonchev–Trinajstić information content (AvgIpc) is 2.61. The molecular formula is C18H18N2O4. The second-order valence-electron chi connectivity index (χ2n) is 5.57. The highest BCUT2D eigenvalue weighted by molar-refractivity contribution is 5.77. The van der Waals surface area contributed by atoms with E-state index in [1.807, 2.05) is 42.5 Å². The fraction of sp³-hybridized carbons (Fsp3) is 0.222. The van der Waals surface area contributed by atoms with Crippen molar-refractivity contribution in [2.45, 2.75) is 18.7 Å². The summed E-state index contributed by atoms with van der Waals surface area (Å²) in [5.74, 6) is -0.937. The van der Waals surface area contributed by atoms with E-state index in [0.29, 0.717) is 12.1 Å². The van der Waals surface area contributed by atoms with E-state index in [-0.39, 0.29) is 12.6 Å². The van der Waals surface area contributed by atoms with Gasteiger partial charge in [-0.2, -0.15) is 0 Å². The third-order valence-electron chi connectivity index (χ3n) is 3.96. The first-order valence-corrected chi connectivity index (χ1v) is 7.67. The summed E-state index contributed by atoms with van der Waals surface area (Å²) in [7, 11) is 0. The average molecular weight is 326 g/mol. The zero-order valence-electron chi connectivity index (χ0n) is 12.9. The third kappa shape index (κ3) is 3.55. The molecule has 1 aliphatic heterocycles. The number of amides is 1. The Labute approximate surface area is 139 Å². The van der Waals surface area contributed by atoms with E-state index >= 15 is 0 Å². The molecule has 0 unspecified atom stereocenters. The van der Waals surface area contributed by atoms with E-state index < -0.39 is 18.1 Å². The highest BCUT2D eigenvalue weighted by atomic mass is 16.5. The van der Waals surface area contributed by atoms with Crippen LogP contribution in [0.5, 0.6) is 0 Å². The Morgan fingerprint density at radius 3 is 2.46 bits per heavy atom. The van der Waals surface area contributed by atoms with Crippen molar-refractivity contribution in [3.05, 3.63) is 71.3 Å². The predicted octanol–water partition coefficient (Wildman–Crippen LogP) is 2.38. The van der Waals surface area contributed by atoms with Gasteiger partial charge in [0, 0.05) is 6.54 Å². The molecule has 3 N–H and O–H groups in total. The van der Waals surface area contributed by atoms with E-state index in [2.05, 4.69) is 10.6 Å². The number of aliphatic carboxylic acids is 1. The molecule has 3 rings (SSSR count). The zero-order chi connectivity index (χ0) is 16.9. The summed E-state index contributed by atoms with van der Waals surface area (Å²) in [6.45, 7) is 0.515. The standard InChI is InChI=1S/C18H18N2O4/c21-17(22)16-14-9-5-4-8-13(14)15(10-19-16)20-18(23)24-11-12-6-2-1-3-7-12/h1-9,15-16,19H,10-11H2,(H,20,23)(H,21,22)/t15-,16-/m0/s1. The molecule has 2 aromatic carbocycles. The monoisotopic (exact) mass is 326 g/mol. The second-order valence-corrected chi connectivity index (χ2v) is 5.57. The van der Waals surface area contributed by atoms with Gasteiger partial charge in [0.15, 0.2) is 0 Å². The Bertz CT molecular complexity index is 733. The Morgan fingerprint density at radius 1 is 1.08 bits per heavy atom. The Morgan fingerprint density at radius 2 is 1.75 bits per heavy atom. The van der Waals surface area contributed by atoms with Crippen molar-refractivity contribution in [3.8, 4) is 0 Å². The van der Waals surface area contributed by atoms with Crippen molar-refractivity contribution >= 4 is 12.1 Å². The van der Waals surface area contributed by atoms with E-state index in [9.17, 15) is 14.7 Å². The van der Waals surface area contributed by atoms with Crippen LogP contribution in [0.2, 0.25) is 0 Å². The number of benzene rings is 2. The number of ether oxygens (including phenoxy) is 1. The number of alkyl carbamates (subject to hydrolysis) is 1. The Balaban J connectivity index is 1.66. The largest absolute Gasteiger partial charge is 0.480 e. The second kappa shape index (κ2) is 7.14. The van der Waals surface area contributed by atoms with Crippen LogP contribution >= 0.6 is 0 Å². The number of rotatable bonds is 4. The molecule has 2 aromatic rings. The number of fused-ring (bicyclic) bond motifs is 1. The van der Waals surface area contributed by atoms with Gasteiger partial charge < -0.3 is 15.2 Å². The maximum Gasteiger partial charge on any atom is 0.407 e. The van der Waals surface area contributed by atoms with Gasteiger partial charge in [-0.05, 0) is 16.7 Å². The first kappa shape index (κ1) is 16.0. The summed E-state index contributed by atoms with van der Waals surface area (Å²) >= 11 is 0. The highest BCUT2D eigenvalue weighted by Crippen LogP contribution is 2.28. The van der Waals surface area contributed by atoms with Crippen molar-refractivity contribution < 1.29 is 19.4 Å². The fourth-order valence-corrected chi connectivity index (χ4v) is 2.80. The molecule has 0 saturated heterocycles. The lowest BCUT2D eigenvalue weighted by molar-refractivity contribution is -0.139. The number of carboxylic acids is 1. The fourth-order valence-electron chi connectivity index (χ4n) is 2.80. The van der Waals surface area contributed by atoms with Gasteiger partial charge in [0.25, 0.3) is 0 Å². The molecule has 0 aliphatic carbocycles. The van der Waals surface area contributed by atoms with Crippen molar-refractivity contribution in [1.29, 1.82) is 0 Å². The number of hydrogen-bond donors (Lipinski definition) is 3. The summed E-state index contributed by atoms with van der Waals surface area (Å²) in [5.41, 5.74) is 2.35. The van der Waals surface area contributed by atoms with Crippen LogP contribution in [-0.4, -0.2) is 23.7 Å². The number of carbonyl (C=O) groups is 2. The topological polar surface area (TPSA) is 87.7 Å². The molecule has 0 bridgehead atoms. The number of carbonyl (C=O) groups excluding carboxylic acids is 1. The minimum Gasteiger partial charge on any atom is -0.480 e. The predicted molar refractivity (Wildman–Crippen MR) is 87.3 cm³/mol. The first-order valence-electron chi connectivity index (χ1n) is 7.67. The quantitative estimate of drug-likeness (QED) is 0.803. The maximum atomic E-state index is 12.0. The van der Waals surface area contributed by atoms with Crippen LogP contribution in [0.1, 0.15) is 28.8 Å². The smallest absolute Gasteiger partial charge is 0.407 e. The number of hydrogen-bond acceptors (Lipinski definition) is 4. The molecule has 24 heavy (non-hydrogen) atoms. The van der Waals surface area contributed by atoms with Gasteiger partial charge in [-0.15, -0.1) is 0 Å². The summed E-state index contributed by atoms with van der Waals surface area (Å²) in [4.78, 5) is 23.4. The molecule has 6 nitrogen and oxygen atoms in total. The number of nitrogens with one attached hydrogen (secondary N) is 2. The normalized spacial score (nSPS) is 19.2. The summed E-state index contributed by atoms with van der Waals surface area (Å²) in [6, 6.07) is 15.5. The van der Waals surface area contributed by atoms with Gasteiger partial charge in [0.2, 0.25) is 0 Å². The molecule has 0 radical (unpaired) electrons. The van der Waals surface area contributed by atoms with Gasteiger partial charge in [-0.3, -0.25) is 10.1 Å². The minimum atomic E-state index is -0.937. The highest BCUT2D eigenvalue weighted by Gasteiger charge is 2.31. The van der Waals surface area contributed by atoms with Gasteiger partial charge >= 0.3 is 12.1 Å². The van der Waals surface area contributed by atoms with Gasteiger partial charge in [-0.25, -0.2) is 4.79 Å². The molecule has 1 aliphatic rings. The van der Waals surface area contributed by atoms with Crippen LogP contribution in [0.3, 0.4) is 0 Å². The molecule has 0 fully saturated rings. The van der Waals surface area contributed by atoms with E-state index in [1.165, 1.54) is 0 Å². The summed E-state index contributed by atoms with van der Waals surface area (Å²) in [5, 5.41) is 15.0. The number of carboxylic acid groups (broad SMARTS) is 1. The van der Waals surface area contributed by atoms with Crippen LogP contribution < -0.4 is 10.6 Å². The molecule has 1 heterocycles. The van der Waals surface area contributed by atoms with Crippen molar-refractivity contribution in [2.75, 3.05) is 6.54 Å². The Hall–Kier alpha value is -2.86. The molecule has 2 atom stereocenters. The van der Waals surface area contributed by atoms with Crippen LogP contribution in [-0.2, 0) is 16.1 Å². The van der Waals surface area contributed by atoms with Gasteiger partial charge in [-0.1, -0.05) is 54.6 Å². The molecule has 6 heteroatoms. The van der Waals surface area contributed by atoms with Crippen molar-refractivity contribution in [2.24, 2.45) is 0 Å². The van der Waals surface area contributed by atoms with E-state index in [0.717, 1.165) is 11.1 Å². The van der Waals surface area contributed by atoms with Crippen LogP contribution in [0.15, 0.2) is 54.6 Å². The molecule has 0 spiro atoms. The lowest BCUT2D eigenvalue weighted by Crippen LogP contribution is -2.44. The van der Waals surface area contributed by atoms with Crippen LogP contribution in [0, 0.1) is 0 Å². The lowest BCUT2D eigenvalue weighted by Gasteiger charge is -2.30. The van der Waals surface area contributed by atoms with Crippen molar-refractivity contribution in [3.63, 3.8) is 0 Å². The van der Waals surface area contributed by atoms with E-state index in [4.69, 9.17) is 4.74 Å². The van der Waals surface area contributed by atoms with Crippen LogP contribution in [0.25, 0.3) is 0 Å².